The molecule has 1 saturated heterocycles. The van der Waals surface area contributed by atoms with Gasteiger partial charge in [-0.2, -0.15) is 5.10 Å². The van der Waals surface area contributed by atoms with Crippen molar-refractivity contribution in [1.82, 2.24) is 9.91 Å². The summed E-state index contributed by atoms with van der Waals surface area (Å²) >= 11 is 12.2. The Morgan fingerprint density at radius 3 is 2.29 bits per heavy atom. The molecule has 3 nitrogen and oxygen atoms in total. The maximum atomic E-state index is 6.25. The molecule has 2 aromatic carbocycles. The molecular formula is C19H21Cl2N3. The van der Waals surface area contributed by atoms with E-state index >= 15 is 0 Å². The van der Waals surface area contributed by atoms with Gasteiger partial charge < -0.3 is 0 Å². The SMILES string of the molecule is C/C(=N\N1CCN(Cc2ccccc2Cl)CC1)c1ccc(Cl)cc1. The van der Waals surface area contributed by atoms with E-state index in [2.05, 4.69) is 16.0 Å². The Bertz CT molecular complexity index is 705. The second-order valence-electron chi connectivity index (χ2n) is 6.01. The number of hydrogen-bond acceptors (Lipinski definition) is 3. The Balaban J connectivity index is 1.56. The van der Waals surface area contributed by atoms with E-state index in [1.807, 2.05) is 49.4 Å². The molecule has 2 aromatic rings. The van der Waals surface area contributed by atoms with Gasteiger partial charge in [0.2, 0.25) is 0 Å². The highest BCUT2D eigenvalue weighted by Gasteiger charge is 2.16. The normalized spacial score (nSPS) is 16.5. The van der Waals surface area contributed by atoms with Crippen LogP contribution in [0.15, 0.2) is 53.6 Å². The molecule has 0 aromatic heterocycles. The first-order valence-corrected chi connectivity index (χ1v) is 8.89. The summed E-state index contributed by atoms with van der Waals surface area (Å²) in [6.45, 7) is 6.77. The van der Waals surface area contributed by atoms with Crippen LogP contribution in [0.5, 0.6) is 0 Å². The molecule has 1 heterocycles. The number of piperazine rings is 1. The number of nitrogens with zero attached hydrogens (tertiary/aromatic N) is 3. The van der Waals surface area contributed by atoms with E-state index in [0.29, 0.717) is 0 Å². The van der Waals surface area contributed by atoms with Crippen LogP contribution in [-0.2, 0) is 6.54 Å². The third-order valence-electron chi connectivity index (χ3n) is 4.25. The predicted molar refractivity (Wildman–Crippen MR) is 102 cm³/mol. The molecular weight excluding hydrogens is 341 g/mol. The van der Waals surface area contributed by atoms with Crippen molar-refractivity contribution in [2.45, 2.75) is 13.5 Å². The van der Waals surface area contributed by atoms with Crippen LogP contribution in [0.25, 0.3) is 0 Å². The molecule has 24 heavy (non-hydrogen) atoms. The van der Waals surface area contributed by atoms with E-state index in [0.717, 1.165) is 54.0 Å². The van der Waals surface area contributed by atoms with Gasteiger partial charge in [-0.15, -0.1) is 0 Å². The zero-order chi connectivity index (χ0) is 16.9. The largest absolute Gasteiger partial charge is 0.295 e. The van der Waals surface area contributed by atoms with Gasteiger partial charge in [0.15, 0.2) is 0 Å². The highest BCUT2D eigenvalue weighted by atomic mass is 35.5. The van der Waals surface area contributed by atoms with E-state index in [9.17, 15) is 0 Å². The molecule has 0 bridgehead atoms. The first kappa shape index (κ1) is 17.3. The van der Waals surface area contributed by atoms with Crippen LogP contribution in [0, 0.1) is 0 Å². The Hall–Kier alpha value is -1.55. The zero-order valence-corrected chi connectivity index (χ0v) is 15.3. The van der Waals surface area contributed by atoms with E-state index in [4.69, 9.17) is 28.3 Å². The maximum Gasteiger partial charge on any atom is 0.0646 e. The second-order valence-corrected chi connectivity index (χ2v) is 6.86. The summed E-state index contributed by atoms with van der Waals surface area (Å²) < 4.78 is 0. The van der Waals surface area contributed by atoms with Gasteiger partial charge in [-0.1, -0.05) is 53.5 Å². The average Bonchev–Trinajstić information content (AvgIpc) is 2.59. The zero-order valence-electron chi connectivity index (χ0n) is 13.8. The summed E-state index contributed by atoms with van der Waals surface area (Å²) in [6, 6.07) is 15.9. The van der Waals surface area contributed by atoms with Crippen molar-refractivity contribution in [2.24, 2.45) is 5.10 Å². The molecule has 1 fully saturated rings. The van der Waals surface area contributed by atoms with Gasteiger partial charge >= 0.3 is 0 Å². The molecule has 126 valence electrons. The smallest absolute Gasteiger partial charge is 0.0646 e. The molecule has 0 unspecified atom stereocenters. The van der Waals surface area contributed by atoms with E-state index in [-0.39, 0.29) is 0 Å². The van der Waals surface area contributed by atoms with Crippen LogP contribution in [0.4, 0.5) is 0 Å². The third-order valence-corrected chi connectivity index (χ3v) is 4.87. The number of halogens is 2. The summed E-state index contributed by atoms with van der Waals surface area (Å²) in [5.74, 6) is 0. The highest BCUT2D eigenvalue weighted by Crippen LogP contribution is 2.18. The number of rotatable bonds is 4. The molecule has 0 radical (unpaired) electrons. The molecule has 1 aliphatic rings. The minimum absolute atomic E-state index is 0.750. The van der Waals surface area contributed by atoms with Gasteiger partial charge in [0, 0.05) is 42.8 Å². The van der Waals surface area contributed by atoms with Gasteiger partial charge in [-0.25, -0.2) is 0 Å². The van der Waals surface area contributed by atoms with Gasteiger partial charge in [0.25, 0.3) is 0 Å². The first-order chi connectivity index (χ1) is 11.6. The van der Waals surface area contributed by atoms with Crippen LogP contribution in [0.1, 0.15) is 18.1 Å². The third kappa shape index (κ3) is 4.50. The molecule has 5 heteroatoms. The van der Waals surface area contributed by atoms with Crippen molar-refractivity contribution in [2.75, 3.05) is 26.2 Å². The number of hydrogen-bond donors (Lipinski definition) is 0. The molecule has 0 spiro atoms. The monoisotopic (exact) mass is 361 g/mol. The maximum absolute atomic E-state index is 6.25. The van der Waals surface area contributed by atoms with Crippen molar-refractivity contribution in [3.8, 4) is 0 Å². The van der Waals surface area contributed by atoms with Crippen LogP contribution >= 0.6 is 23.2 Å². The van der Waals surface area contributed by atoms with Crippen molar-refractivity contribution in [1.29, 1.82) is 0 Å². The van der Waals surface area contributed by atoms with Crippen molar-refractivity contribution < 1.29 is 0 Å². The van der Waals surface area contributed by atoms with E-state index in [1.54, 1.807) is 0 Å². The Morgan fingerprint density at radius 1 is 0.958 bits per heavy atom. The van der Waals surface area contributed by atoms with E-state index in [1.165, 1.54) is 5.56 Å². The topological polar surface area (TPSA) is 18.8 Å². The minimum Gasteiger partial charge on any atom is -0.295 e. The quantitative estimate of drug-likeness (QED) is 0.744. The lowest BCUT2D eigenvalue weighted by Gasteiger charge is -2.33. The summed E-state index contributed by atoms with van der Waals surface area (Å²) in [5, 5.41) is 8.49. The van der Waals surface area contributed by atoms with Crippen molar-refractivity contribution in [3.05, 3.63) is 69.7 Å². The number of hydrazone groups is 1. The van der Waals surface area contributed by atoms with Gasteiger partial charge in [0.1, 0.15) is 0 Å². The second kappa shape index (κ2) is 8.02. The standard InChI is InChI=1S/C19H21Cl2N3/c1-15(16-6-8-18(20)9-7-16)22-24-12-10-23(11-13-24)14-17-4-2-3-5-19(17)21/h2-9H,10-14H2,1H3/b22-15+. The van der Waals surface area contributed by atoms with Gasteiger partial charge in [0.05, 0.1) is 5.71 Å². The Kier molecular flexibility index (Phi) is 5.77. The summed E-state index contributed by atoms with van der Waals surface area (Å²) in [7, 11) is 0. The lowest BCUT2D eigenvalue weighted by atomic mass is 10.1. The fourth-order valence-electron chi connectivity index (χ4n) is 2.82. The van der Waals surface area contributed by atoms with Crippen molar-refractivity contribution in [3.63, 3.8) is 0 Å². The van der Waals surface area contributed by atoms with Gasteiger partial charge in [-0.05, 0) is 36.2 Å². The average molecular weight is 362 g/mol. The van der Waals surface area contributed by atoms with Crippen LogP contribution in [0.2, 0.25) is 10.0 Å². The van der Waals surface area contributed by atoms with Gasteiger partial charge in [-0.3, -0.25) is 9.91 Å². The molecule has 0 amide bonds. The summed E-state index contributed by atoms with van der Waals surface area (Å²) in [5.41, 5.74) is 3.32. The van der Waals surface area contributed by atoms with Crippen LogP contribution < -0.4 is 0 Å². The lowest BCUT2D eigenvalue weighted by Crippen LogP contribution is -2.43. The predicted octanol–water partition coefficient (Wildman–Crippen LogP) is 4.54. The fraction of sp³-hybridized carbons (Fsp3) is 0.316. The van der Waals surface area contributed by atoms with E-state index < -0.39 is 0 Å². The van der Waals surface area contributed by atoms with Crippen molar-refractivity contribution >= 4 is 28.9 Å². The Labute approximate surface area is 153 Å². The minimum atomic E-state index is 0.750. The highest BCUT2D eigenvalue weighted by molar-refractivity contribution is 6.31. The molecule has 3 rings (SSSR count). The van der Waals surface area contributed by atoms with Crippen LogP contribution in [-0.4, -0.2) is 41.8 Å². The summed E-state index contributed by atoms with van der Waals surface area (Å²) in [6.07, 6.45) is 0. The molecule has 0 saturated carbocycles. The summed E-state index contributed by atoms with van der Waals surface area (Å²) in [4.78, 5) is 2.42. The Morgan fingerprint density at radius 2 is 1.62 bits per heavy atom. The molecule has 1 aliphatic heterocycles. The van der Waals surface area contributed by atoms with Crippen LogP contribution in [0.3, 0.4) is 0 Å². The molecule has 0 atom stereocenters. The number of benzene rings is 2. The molecule has 0 N–H and O–H groups in total. The fourth-order valence-corrected chi connectivity index (χ4v) is 3.15. The molecule has 0 aliphatic carbocycles. The lowest BCUT2D eigenvalue weighted by molar-refractivity contribution is 0.130. The first-order valence-electron chi connectivity index (χ1n) is 8.13.